The molecule has 0 heterocycles. The molecule has 0 saturated carbocycles. The maximum Gasteiger partial charge on any atom is 0.253 e. The highest BCUT2D eigenvalue weighted by Gasteiger charge is 2.08. The Morgan fingerprint density at radius 3 is 2.82 bits per heavy atom. The number of para-hydroxylation sites is 1. The van der Waals surface area contributed by atoms with Crippen LogP contribution in [0.15, 0.2) is 24.3 Å². The molecular formula is C14H18N2O. The van der Waals surface area contributed by atoms with Gasteiger partial charge in [0.05, 0.1) is 5.56 Å². The molecule has 1 aromatic carbocycles. The number of hydrogen-bond donors (Lipinski definition) is 2. The van der Waals surface area contributed by atoms with Gasteiger partial charge in [-0.15, -0.1) is 11.8 Å². The third-order valence-corrected chi connectivity index (χ3v) is 2.25. The van der Waals surface area contributed by atoms with Crippen LogP contribution in [0.3, 0.4) is 0 Å². The standard InChI is InChI=1S/C14H18N2O/c1-3-5-8-11-16-14(17)12-9-6-7-10-13(12)15-4-2/h6-7,9-10,15H,4,8,11H2,1-2H3,(H,16,17). The fraction of sp³-hybridized carbons (Fsp3) is 0.357. The first-order chi connectivity index (χ1) is 8.29. The van der Waals surface area contributed by atoms with Crippen LogP contribution in [0.1, 0.15) is 30.6 Å². The largest absolute Gasteiger partial charge is 0.385 e. The van der Waals surface area contributed by atoms with Crippen molar-refractivity contribution < 1.29 is 4.79 Å². The molecule has 1 aromatic rings. The van der Waals surface area contributed by atoms with Gasteiger partial charge >= 0.3 is 0 Å². The molecule has 3 nitrogen and oxygen atoms in total. The summed E-state index contributed by atoms with van der Waals surface area (Å²) >= 11 is 0. The molecule has 17 heavy (non-hydrogen) atoms. The Labute approximate surface area is 103 Å². The van der Waals surface area contributed by atoms with Crippen LogP contribution in [0.4, 0.5) is 5.69 Å². The van der Waals surface area contributed by atoms with Gasteiger partial charge in [-0.2, -0.15) is 0 Å². The van der Waals surface area contributed by atoms with Crippen molar-refractivity contribution in [1.82, 2.24) is 5.32 Å². The Kier molecular flexibility index (Phi) is 5.67. The highest BCUT2D eigenvalue weighted by Crippen LogP contribution is 2.14. The normalized spacial score (nSPS) is 9.06. The lowest BCUT2D eigenvalue weighted by Gasteiger charge is -2.10. The Hall–Kier alpha value is -1.95. The van der Waals surface area contributed by atoms with Gasteiger partial charge in [0.2, 0.25) is 0 Å². The zero-order valence-electron chi connectivity index (χ0n) is 10.3. The summed E-state index contributed by atoms with van der Waals surface area (Å²) < 4.78 is 0. The molecule has 0 aliphatic carbocycles. The summed E-state index contributed by atoms with van der Waals surface area (Å²) in [7, 11) is 0. The van der Waals surface area contributed by atoms with Gasteiger partial charge in [-0.3, -0.25) is 4.79 Å². The summed E-state index contributed by atoms with van der Waals surface area (Å²) in [5.74, 6) is 5.66. The minimum absolute atomic E-state index is 0.0561. The predicted molar refractivity (Wildman–Crippen MR) is 71.0 cm³/mol. The van der Waals surface area contributed by atoms with Crippen molar-refractivity contribution in [3.8, 4) is 11.8 Å². The van der Waals surface area contributed by atoms with Gasteiger partial charge in [0.1, 0.15) is 0 Å². The van der Waals surface area contributed by atoms with E-state index in [4.69, 9.17) is 0 Å². The molecule has 0 spiro atoms. The number of nitrogens with one attached hydrogen (secondary N) is 2. The number of carbonyl (C=O) groups is 1. The molecule has 0 saturated heterocycles. The van der Waals surface area contributed by atoms with Crippen molar-refractivity contribution >= 4 is 11.6 Å². The molecule has 90 valence electrons. The van der Waals surface area contributed by atoms with Crippen molar-refractivity contribution in [1.29, 1.82) is 0 Å². The third kappa shape index (κ3) is 4.20. The van der Waals surface area contributed by atoms with E-state index >= 15 is 0 Å². The molecule has 1 rings (SSSR count). The molecule has 0 unspecified atom stereocenters. The number of hydrogen-bond acceptors (Lipinski definition) is 2. The summed E-state index contributed by atoms with van der Waals surface area (Å²) in [6, 6.07) is 7.50. The third-order valence-electron chi connectivity index (χ3n) is 2.25. The molecule has 2 N–H and O–H groups in total. The van der Waals surface area contributed by atoms with Crippen molar-refractivity contribution in [2.45, 2.75) is 20.3 Å². The second-order valence-corrected chi connectivity index (χ2v) is 3.51. The first-order valence-corrected chi connectivity index (χ1v) is 5.80. The maximum absolute atomic E-state index is 11.9. The van der Waals surface area contributed by atoms with Gasteiger partial charge in [-0.25, -0.2) is 0 Å². The lowest BCUT2D eigenvalue weighted by molar-refractivity contribution is 0.0955. The molecular weight excluding hydrogens is 212 g/mol. The fourth-order valence-corrected chi connectivity index (χ4v) is 1.48. The minimum atomic E-state index is -0.0561. The van der Waals surface area contributed by atoms with E-state index in [2.05, 4.69) is 22.5 Å². The summed E-state index contributed by atoms with van der Waals surface area (Å²) in [5, 5.41) is 6.02. The summed E-state index contributed by atoms with van der Waals surface area (Å²) in [6.45, 7) is 5.18. The molecule has 0 bridgehead atoms. The molecule has 0 aromatic heterocycles. The van der Waals surface area contributed by atoms with Crippen LogP contribution in [0.2, 0.25) is 0 Å². The van der Waals surface area contributed by atoms with Crippen LogP contribution in [-0.4, -0.2) is 19.0 Å². The number of anilines is 1. The molecule has 0 aliphatic heterocycles. The molecule has 0 aliphatic rings. The first-order valence-electron chi connectivity index (χ1n) is 5.80. The highest BCUT2D eigenvalue weighted by molar-refractivity contribution is 5.99. The summed E-state index contributed by atoms with van der Waals surface area (Å²) in [4.78, 5) is 11.9. The smallest absolute Gasteiger partial charge is 0.253 e. The van der Waals surface area contributed by atoms with Crippen molar-refractivity contribution in [3.63, 3.8) is 0 Å². The maximum atomic E-state index is 11.9. The van der Waals surface area contributed by atoms with E-state index in [1.165, 1.54) is 0 Å². The van der Waals surface area contributed by atoms with Crippen LogP contribution >= 0.6 is 0 Å². The van der Waals surface area contributed by atoms with Crippen LogP contribution in [0, 0.1) is 11.8 Å². The van der Waals surface area contributed by atoms with Gasteiger partial charge in [-0.05, 0) is 26.0 Å². The van der Waals surface area contributed by atoms with Crippen molar-refractivity contribution in [2.24, 2.45) is 0 Å². The van der Waals surface area contributed by atoms with Gasteiger partial charge in [0.15, 0.2) is 0 Å². The topological polar surface area (TPSA) is 41.1 Å². The molecule has 1 amide bonds. The van der Waals surface area contributed by atoms with Gasteiger partial charge < -0.3 is 10.6 Å². The Morgan fingerprint density at radius 1 is 1.35 bits per heavy atom. The monoisotopic (exact) mass is 230 g/mol. The zero-order chi connectivity index (χ0) is 12.5. The van der Waals surface area contributed by atoms with E-state index in [-0.39, 0.29) is 5.91 Å². The SMILES string of the molecule is CC#CCCNC(=O)c1ccccc1NCC. The minimum Gasteiger partial charge on any atom is -0.385 e. The number of carbonyl (C=O) groups excluding carboxylic acids is 1. The number of amides is 1. The average Bonchev–Trinajstić information content (AvgIpc) is 2.35. The second-order valence-electron chi connectivity index (χ2n) is 3.51. The lowest BCUT2D eigenvalue weighted by atomic mass is 10.1. The van der Waals surface area contributed by atoms with E-state index in [1.807, 2.05) is 31.2 Å². The second kappa shape index (κ2) is 7.34. The molecule has 0 fully saturated rings. The van der Waals surface area contributed by atoms with Crippen LogP contribution in [0.25, 0.3) is 0 Å². The Bertz CT molecular complexity index is 429. The molecule has 0 radical (unpaired) electrons. The lowest BCUT2D eigenvalue weighted by Crippen LogP contribution is -2.25. The van der Waals surface area contributed by atoms with Crippen LogP contribution in [-0.2, 0) is 0 Å². The van der Waals surface area contributed by atoms with E-state index in [1.54, 1.807) is 6.92 Å². The molecule has 3 heteroatoms. The highest BCUT2D eigenvalue weighted by atomic mass is 16.1. The fourth-order valence-electron chi connectivity index (χ4n) is 1.48. The summed E-state index contributed by atoms with van der Waals surface area (Å²) in [6.07, 6.45) is 0.686. The van der Waals surface area contributed by atoms with Crippen LogP contribution in [0.5, 0.6) is 0 Å². The average molecular weight is 230 g/mol. The van der Waals surface area contributed by atoms with E-state index < -0.39 is 0 Å². The Balaban J connectivity index is 2.63. The van der Waals surface area contributed by atoms with Crippen LogP contribution < -0.4 is 10.6 Å². The van der Waals surface area contributed by atoms with Gasteiger partial charge in [-0.1, -0.05) is 12.1 Å². The number of benzene rings is 1. The Morgan fingerprint density at radius 2 is 2.12 bits per heavy atom. The van der Waals surface area contributed by atoms with Crippen molar-refractivity contribution in [2.75, 3.05) is 18.4 Å². The predicted octanol–water partition coefficient (Wildman–Crippen LogP) is 2.26. The van der Waals surface area contributed by atoms with E-state index in [0.717, 1.165) is 12.2 Å². The van der Waals surface area contributed by atoms with Crippen molar-refractivity contribution in [3.05, 3.63) is 29.8 Å². The number of rotatable bonds is 5. The molecule has 0 atom stereocenters. The first kappa shape index (κ1) is 13.1. The van der Waals surface area contributed by atoms with E-state index in [0.29, 0.717) is 18.5 Å². The van der Waals surface area contributed by atoms with Gasteiger partial charge in [0, 0.05) is 25.2 Å². The van der Waals surface area contributed by atoms with E-state index in [9.17, 15) is 4.79 Å². The zero-order valence-corrected chi connectivity index (χ0v) is 10.3. The van der Waals surface area contributed by atoms with Gasteiger partial charge in [0.25, 0.3) is 5.91 Å². The quantitative estimate of drug-likeness (QED) is 0.602. The summed E-state index contributed by atoms with van der Waals surface area (Å²) in [5.41, 5.74) is 1.55.